The first-order valence-corrected chi connectivity index (χ1v) is 9.35. The second-order valence-electron chi connectivity index (χ2n) is 7.45. The fourth-order valence-electron chi connectivity index (χ4n) is 4.34. The molecular weight excluding hydrogens is 386 g/mol. The number of ether oxygens (including phenoxy) is 1. The van der Waals surface area contributed by atoms with Crippen molar-refractivity contribution in [2.75, 3.05) is 11.5 Å². The van der Waals surface area contributed by atoms with E-state index in [0.29, 0.717) is 22.6 Å². The number of carboxylic acids is 1. The fourth-order valence-corrected chi connectivity index (χ4v) is 4.34. The third-order valence-electron chi connectivity index (χ3n) is 5.76. The summed E-state index contributed by atoms with van der Waals surface area (Å²) in [6, 6.07) is 16.5. The SMILES string of the molecule is O=C(O)c1cccc(CN2C(=O)C3(COc4cc(O)c(O)cc43)c3ccccc32)c1. The number of amides is 1. The van der Waals surface area contributed by atoms with Gasteiger partial charge in [0.1, 0.15) is 17.8 Å². The van der Waals surface area contributed by atoms with Crippen LogP contribution in [-0.4, -0.2) is 33.8 Å². The lowest BCUT2D eigenvalue weighted by Crippen LogP contribution is -2.42. The summed E-state index contributed by atoms with van der Waals surface area (Å²) in [5, 5.41) is 29.1. The van der Waals surface area contributed by atoms with Crippen LogP contribution in [0.1, 0.15) is 27.0 Å². The Bertz CT molecular complexity index is 1220. The van der Waals surface area contributed by atoms with Crippen molar-refractivity contribution in [3.63, 3.8) is 0 Å². The summed E-state index contributed by atoms with van der Waals surface area (Å²) < 4.78 is 5.75. The van der Waals surface area contributed by atoms with E-state index in [1.165, 1.54) is 18.2 Å². The summed E-state index contributed by atoms with van der Waals surface area (Å²) >= 11 is 0. The van der Waals surface area contributed by atoms with Crippen molar-refractivity contribution in [3.05, 3.63) is 82.9 Å². The molecule has 3 N–H and O–H groups in total. The number of aromatic hydroxyl groups is 2. The predicted octanol–water partition coefficient (Wildman–Crippen LogP) is 3.02. The number of aromatic carboxylic acids is 1. The van der Waals surface area contributed by atoms with Gasteiger partial charge in [-0.3, -0.25) is 4.79 Å². The maximum absolute atomic E-state index is 13.8. The maximum atomic E-state index is 13.8. The number of nitrogens with zero attached hydrogens (tertiary/aromatic N) is 1. The van der Waals surface area contributed by atoms with E-state index in [9.17, 15) is 24.9 Å². The minimum Gasteiger partial charge on any atom is -0.504 e. The van der Waals surface area contributed by atoms with Crippen molar-refractivity contribution >= 4 is 17.6 Å². The number of anilines is 1. The number of rotatable bonds is 3. The first kappa shape index (κ1) is 18.1. The molecule has 2 heterocycles. The van der Waals surface area contributed by atoms with Crippen LogP contribution >= 0.6 is 0 Å². The molecule has 0 saturated heterocycles. The van der Waals surface area contributed by atoms with E-state index in [4.69, 9.17) is 4.74 Å². The number of hydrogen-bond donors (Lipinski definition) is 3. The van der Waals surface area contributed by atoms with E-state index in [1.807, 2.05) is 24.3 Å². The average Bonchev–Trinajstić information content (AvgIpc) is 3.21. The molecule has 0 radical (unpaired) electrons. The number of benzene rings is 3. The lowest BCUT2D eigenvalue weighted by Gasteiger charge is -2.23. The molecule has 0 bridgehead atoms. The van der Waals surface area contributed by atoms with Crippen LogP contribution in [0.25, 0.3) is 0 Å². The van der Waals surface area contributed by atoms with Crippen LogP contribution in [0.15, 0.2) is 60.7 Å². The van der Waals surface area contributed by atoms with Crippen molar-refractivity contribution in [2.24, 2.45) is 0 Å². The van der Waals surface area contributed by atoms with Crippen LogP contribution in [0.4, 0.5) is 5.69 Å². The number of carbonyl (C=O) groups is 2. The number of carbonyl (C=O) groups excluding carboxylic acids is 1. The first-order chi connectivity index (χ1) is 14.4. The van der Waals surface area contributed by atoms with E-state index in [0.717, 1.165) is 5.56 Å². The predicted molar refractivity (Wildman–Crippen MR) is 107 cm³/mol. The number of phenols is 2. The Labute approximate surface area is 171 Å². The summed E-state index contributed by atoms with van der Waals surface area (Å²) in [5.41, 5.74) is 1.64. The van der Waals surface area contributed by atoms with Gasteiger partial charge >= 0.3 is 5.97 Å². The summed E-state index contributed by atoms with van der Waals surface area (Å²) in [6.07, 6.45) is 0. The van der Waals surface area contributed by atoms with Crippen LogP contribution in [0, 0.1) is 0 Å². The highest BCUT2D eigenvalue weighted by Gasteiger charge is 2.57. The zero-order valence-corrected chi connectivity index (χ0v) is 15.7. The molecule has 30 heavy (non-hydrogen) atoms. The Kier molecular flexibility index (Phi) is 3.76. The van der Waals surface area contributed by atoms with Gasteiger partial charge in [-0.2, -0.15) is 0 Å². The molecule has 2 aliphatic rings. The number of hydrogen-bond acceptors (Lipinski definition) is 5. The molecule has 3 aromatic rings. The van der Waals surface area contributed by atoms with Crippen LogP contribution in [0.3, 0.4) is 0 Å². The summed E-state index contributed by atoms with van der Waals surface area (Å²) in [5.74, 6) is -1.55. The molecule has 2 aliphatic heterocycles. The van der Waals surface area contributed by atoms with Gasteiger partial charge in [0.25, 0.3) is 0 Å². The van der Waals surface area contributed by atoms with Gasteiger partial charge in [-0.1, -0.05) is 30.3 Å². The van der Waals surface area contributed by atoms with Gasteiger partial charge in [0.05, 0.1) is 12.1 Å². The maximum Gasteiger partial charge on any atom is 0.335 e. The van der Waals surface area contributed by atoms with E-state index in [1.54, 1.807) is 23.1 Å². The third-order valence-corrected chi connectivity index (χ3v) is 5.76. The first-order valence-electron chi connectivity index (χ1n) is 9.35. The Morgan fingerprint density at radius 1 is 1.00 bits per heavy atom. The molecule has 1 amide bonds. The minimum atomic E-state index is -1.14. The van der Waals surface area contributed by atoms with Gasteiger partial charge in [-0.05, 0) is 35.4 Å². The van der Waals surface area contributed by atoms with Crippen molar-refractivity contribution < 1.29 is 29.6 Å². The normalized spacial score (nSPS) is 18.9. The van der Waals surface area contributed by atoms with Gasteiger partial charge in [0.2, 0.25) is 5.91 Å². The van der Waals surface area contributed by atoms with E-state index < -0.39 is 11.4 Å². The zero-order chi connectivity index (χ0) is 21.0. The molecule has 150 valence electrons. The van der Waals surface area contributed by atoms with Crippen LogP contribution < -0.4 is 9.64 Å². The van der Waals surface area contributed by atoms with Gasteiger partial charge in [0, 0.05) is 17.3 Å². The molecule has 7 nitrogen and oxygen atoms in total. The molecule has 0 aliphatic carbocycles. The molecule has 0 fully saturated rings. The van der Waals surface area contributed by atoms with Crippen LogP contribution in [0.2, 0.25) is 0 Å². The molecule has 5 rings (SSSR count). The number of para-hydroxylation sites is 1. The standard InChI is InChI=1S/C23H17NO6/c25-18-9-16-20(10-19(18)26)30-12-23(16)15-6-1-2-7-17(15)24(22(23)29)11-13-4-3-5-14(8-13)21(27)28/h1-10,25-26H,11-12H2,(H,27,28). The third kappa shape index (κ3) is 2.38. The zero-order valence-electron chi connectivity index (χ0n) is 15.7. The van der Waals surface area contributed by atoms with Crippen molar-refractivity contribution in [3.8, 4) is 17.2 Å². The largest absolute Gasteiger partial charge is 0.504 e. The molecular formula is C23H17NO6. The molecule has 3 aromatic carbocycles. The van der Waals surface area contributed by atoms with Gasteiger partial charge in [0.15, 0.2) is 11.5 Å². The second kappa shape index (κ2) is 6.25. The molecule has 1 unspecified atom stereocenters. The summed E-state index contributed by atoms with van der Waals surface area (Å²) in [7, 11) is 0. The smallest absolute Gasteiger partial charge is 0.335 e. The lowest BCUT2D eigenvalue weighted by atomic mass is 9.77. The van der Waals surface area contributed by atoms with Crippen molar-refractivity contribution in [2.45, 2.75) is 12.0 Å². The van der Waals surface area contributed by atoms with Gasteiger partial charge in [-0.25, -0.2) is 4.79 Å². The monoisotopic (exact) mass is 403 g/mol. The second-order valence-corrected chi connectivity index (χ2v) is 7.45. The summed E-state index contributed by atoms with van der Waals surface area (Å²) in [4.78, 5) is 26.7. The highest BCUT2D eigenvalue weighted by molar-refractivity contribution is 6.11. The number of carboxylic acid groups (broad SMARTS) is 1. The van der Waals surface area contributed by atoms with Crippen molar-refractivity contribution in [1.82, 2.24) is 0 Å². The Morgan fingerprint density at radius 3 is 2.57 bits per heavy atom. The van der Waals surface area contributed by atoms with Crippen LogP contribution in [0.5, 0.6) is 17.2 Å². The highest BCUT2D eigenvalue weighted by atomic mass is 16.5. The number of phenolic OH excluding ortho intramolecular Hbond substituents is 2. The Morgan fingerprint density at radius 2 is 1.77 bits per heavy atom. The number of fused-ring (bicyclic) bond motifs is 4. The molecule has 0 aromatic heterocycles. The Hall–Kier alpha value is -4.00. The Balaban J connectivity index is 1.63. The molecule has 0 saturated carbocycles. The lowest BCUT2D eigenvalue weighted by molar-refractivity contribution is -0.122. The average molecular weight is 403 g/mol. The van der Waals surface area contributed by atoms with Gasteiger partial charge in [-0.15, -0.1) is 0 Å². The quantitative estimate of drug-likeness (QED) is 0.581. The summed E-state index contributed by atoms with van der Waals surface area (Å²) in [6.45, 7) is 0.241. The van der Waals surface area contributed by atoms with Gasteiger partial charge < -0.3 is 25.0 Å². The fraction of sp³-hybridized carbons (Fsp3) is 0.130. The van der Waals surface area contributed by atoms with Crippen LogP contribution in [-0.2, 0) is 16.8 Å². The molecule has 1 spiro atoms. The highest BCUT2D eigenvalue weighted by Crippen LogP contribution is 2.54. The molecule has 1 atom stereocenters. The topological polar surface area (TPSA) is 107 Å². The molecule has 7 heteroatoms. The van der Waals surface area contributed by atoms with Crippen molar-refractivity contribution in [1.29, 1.82) is 0 Å². The van der Waals surface area contributed by atoms with E-state index in [2.05, 4.69) is 0 Å². The van der Waals surface area contributed by atoms with E-state index in [-0.39, 0.29) is 36.1 Å². The minimum absolute atomic E-state index is 0.0484. The van der Waals surface area contributed by atoms with E-state index >= 15 is 0 Å².